The zero-order valence-electron chi connectivity index (χ0n) is 8.25. The van der Waals surface area contributed by atoms with Crippen molar-refractivity contribution in [3.05, 3.63) is 36.8 Å². The van der Waals surface area contributed by atoms with E-state index in [1.807, 2.05) is 24.3 Å². The van der Waals surface area contributed by atoms with Crippen molar-refractivity contribution in [2.45, 2.75) is 26.2 Å². The summed E-state index contributed by atoms with van der Waals surface area (Å²) in [5.41, 5.74) is 1.03. The van der Waals surface area contributed by atoms with Gasteiger partial charge in [-0.2, -0.15) is 0 Å². The van der Waals surface area contributed by atoms with E-state index in [1.165, 1.54) is 12.8 Å². The second kappa shape index (κ2) is 5.63. The Kier molecular flexibility index (Phi) is 4.37. The molecule has 0 saturated heterocycles. The molecule has 0 aliphatic heterocycles. The highest BCUT2D eigenvalue weighted by atomic mass is 16.5. The smallest absolute Gasteiger partial charge is 0.119 e. The minimum Gasteiger partial charge on any atom is -0.494 e. The van der Waals surface area contributed by atoms with Crippen LogP contribution >= 0.6 is 0 Å². The maximum Gasteiger partial charge on any atom is 0.119 e. The average molecular weight is 177 g/mol. The normalized spacial score (nSPS) is 10.0. The summed E-state index contributed by atoms with van der Waals surface area (Å²) in [5, 5.41) is 0. The van der Waals surface area contributed by atoms with E-state index in [-0.39, 0.29) is 0 Å². The largest absolute Gasteiger partial charge is 0.494 e. The van der Waals surface area contributed by atoms with Gasteiger partial charge in [0, 0.05) is 0 Å². The van der Waals surface area contributed by atoms with Gasteiger partial charge in [0.2, 0.25) is 0 Å². The molecule has 0 fully saturated rings. The molecule has 0 bridgehead atoms. The summed E-state index contributed by atoms with van der Waals surface area (Å²) in [6, 6.07) is 7.87. The third kappa shape index (κ3) is 3.97. The van der Waals surface area contributed by atoms with Crippen LogP contribution in [0.15, 0.2) is 24.3 Å². The van der Waals surface area contributed by atoms with Crippen molar-refractivity contribution >= 4 is 0 Å². The quantitative estimate of drug-likeness (QED) is 0.626. The van der Waals surface area contributed by atoms with Crippen molar-refractivity contribution in [2.75, 3.05) is 6.61 Å². The zero-order chi connectivity index (χ0) is 9.52. The molecule has 0 aromatic heterocycles. The van der Waals surface area contributed by atoms with Crippen LogP contribution in [0.5, 0.6) is 5.75 Å². The van der Waals surface area contributed by atoms with Crippen molar-refractivity contribution in [1.82, 2.24) is 0 Å². The van der Waals surface area contributed by atoms with Gasteiger partial charge in [-0.25, -0.2) is 0 Å². The van der Waals surface area contributed by atoms with Crippen LogP contribution in [-0.4, -0.2) is 6.61 Å². The molecular formula is C12H17O. The Morgan fingerprint density at radius 2 is 1.85 bits per heavy atom. The molecule has 0 unspecified atom stereocenters. The van der Waals surface area contributed by atoms with E-state index >= 15 is 0 Å². The number of hydrogen-bond acceptors (Lipinski definition) is 1. The number of benzene rings is 1. The van der Waals surface area contributed by atoms with Crippen LogP contribution in [0, 0.1) is 6.92 Å². The number of unbranched alkanes of at least 4 members (excludes halogenated alkanes) is 2. The molecular weight excluding hydrogens is 160 g/mol. The average Bonchev–Trinajstić information content (AvgIpc) is 2.15. The molecule has 0 spiro atoms. The molecule has 1 aromatic rings. The molecule has 0 amide bonds. The molecule has 0 atom stereocenters. The van der Waals surface area contributed by atoms with Gasteiger partial charge in [0.25, 0.3) is 0 Å². The van der Waals surface area contributed by atoms with Crippen molar-refractivity contribution < 1.29 is 4.74 Å². The first kappa shape index (κ1) is 10.1. The van der Waals surface area contributed by atoms with Gasteiger partial charge in [-0.15, -0.1) is 0 Å². The molecule has 1 heteroatoms. The molecule has 0 heterocycles. The maximum atomic E-state index is 5.54. The summed E-state index contributed by atoms with van der Waals surface area (Å²) in [6.45, 7) is 6.83. The fourth-order valence-corrected chi connectivity index (χ4v) is 1.13. The summed E-state index contributed by atoms with van der Waals surface area (Å²) in [4.78, 5) is 0. The molecule has 0 aliphatic rings. The first-order chi connectivity index (χ1) is 6.33. The Balaban J connectivity index is 2.25. The van der Waals surface area contributed by atoms with Crippen molar-refractivity contribution in [3.8, 4) is 5.75 Å². The van der Waals surface area contributed by atoms with Crippen LogP contribution < -0.4 is 4.74 Å². The zero-order valence-corrected chi connectivity index (χ0v) is 8.25. The lowest BCUT2D eigenvalue weighted by Gasteiger charge is -2.05. The van der Waals surface area contributed by atoms with Gasteiger partial charge in [-0.05, 0) is 31.0 Å². The summed E-state index contributed by atoms with van der Waals surface area (Å²) >= 11 is 0. The maximum absolute atomic E-state index is 5.54. The Labute approximate surface area is 80.7 Å². The fraction of sp³-hybridized carbons (Fsp3) is 0.417. The van der Waals surface area contributed by atoms with Gasteiger partial charge in [0.15, 0.2) is 0 Å². The minimum absolute atomic E-state index is 0.824. The van der Waals surface area contributed by atoms with E-state index < -0.39 is 0 Å². The summed E-state index contributed by atoms with van der Waals surface area (Å²) in [6.07, 6.45) is 3.62. The van der Waals surface area contributed by atoms with Gasteiger partial charge in [-0.3, -0.25) is 0 Å². The standard InChI is InChI=1S/C12H17O/c1-3-4-5-10-13-12-8-6-11(2)7-9-12/h6-9H,2-5,10H2,1H3. The second-order valence-corrected chi connectivity index (χ2v) is 3.20. The van der Waals surface area contributed by atoms with Gasteiger partial charge in [-0.1, -0.05) is 31.9 Å². The number of rotatable bonds is 5. The summed E-state index contributed by atoms with van der Waals surface area (Å²) in [7, 11) is 0. The topological polar surface area (TPSA) is 9.23 Å². The number of hydrogen-bond donors (Lipinski definition) is 0. The second-order valence-electron chi connectivity index (χ2n) is 3.20. The van der Waals surface area contributed by atoms with E-state index in [1.54, 1.807) is 0 Å². The monoisotopic (exact) mass is 177 g/mol. The summed E-state index contributed by atoms with van der Waals surface area (Å²) in [5.74, 6) is 0.948. The van der Waals surface area contributed by atoms with Gasteiger partial charge in [0.1, 0.15) is 5.75 Å². The van der Waals surface area contributed by atoms with Crippen LogP contribution in [-0.2, 0) is 0 Å². The van der Waals surface area contributed by atoms with E-state index in [2.05, 4.69) is 13.8 Å². The SMILES string of the molecule is [CH2]c1ccc(OCCCCC)cc1. The van der Waals surface area contributed by atoms with Crippen LogP contribution in [0.1, 0.15) is 31.7 Å². The highest BCUT2D eigenvalue weighted by Crippen LogP contribution is 2.11. The lowest BCUT2D eigenvalue weighted by atomic mass is 10.2. The van der Waals surface area contributed by atoms with E-state index in [0.717, 1.165) is 24.3 Å². The molecule has 1 nitrogen and oxygen atoms in total. The third-order valence-corrected chi connectivity index (χ3v) is 1.94. The first-order valence-corrected chi connectivity index (χ1v) is 4.87. The van der Waals surface area contributed by atoms with Crippen molar-refractivity contribution in [1.29, 1.82) is 0 Å². The predicted molar refractivity (Wildman–Crippen MR) is 55.9 cm³/mol. The Hall–Kier alpha value is -0.980. The fourth-order valence-electron chi connectivity index (χ4n) is 1.13. The van der Waals surface area contributed by atoms with E-state index in [4.69, 9.17) is 4.74 Å². The highest BCUT2D eigenvalue weighted by Gasteiger charge is 1.92. The Morgan fingerprint density at radius 1 is 1.15 bits per heavy atom. The first-order valence-electron chi connectivity index (χ1n) is 4.87. The molecule has 0 saturated carbocycles. The molecule has 1 radical (unpaired) electrons. The van der Waals surface area contributed by atoms with Crippen LogP contribution in [0.2, 0.25) is 0 Å². The molecule has 71 valence electrons. The third-order valence-electron chi connectivity index (χ3n) is 1.94. The highest BCUT2D eigenvalue weighted by molar-refractivity contribution is 5.28. The van der Waals surface area contributed by atoms with E-state index in [9.17, 15) is 0 Å². The Morgan fingerprint density at radius 3 is 2.46 bits per heavy atom. The number of ether oxygens (including phenoxy) is 1. The molecule has 0 aliphatic carbocycles. The van der Waals surface area contributed by atoms with Crippen LogP contribution in [0.4, 0.5) is 0 Å². The molecule has 0 N–H and O–H groups in total. The lowest BCUT2D eigenvalue weighted by molar-refractivity contribution is 0.306. The summed E-state index contributed by atoms with van der Waals surface area (Å²) < 4.78 is 5.54. The van der Waals surface area contributed by atoms with Crippen molar-refractivity contribution in [3.63, 3.8) is 0 Å². The lowest BCUT2D eigenvalue weighted by Crippen LogP contribution is -1.96. The Bertz CT molecular complexity index is 225. The van der Waals surface area contributed by atoms with Crippen LogP contribution in [0.3, 0.4) is 0 Å². The molecule has 13 heavy (non-hydrogen) atoms. The van der Waals surface area contributed by atoms with Gasteiger partial charge >= 0.3 is 0 Å². The predicted octanol–water partition coefficient (Wildman–Crippen LogP) is 3.44. The van der Waals surface area contributed by atoms with Crippen LogP contribution in [0.25, 0.3) is 0 Å². The van der Waals surface area contributed by atoms with E-state index in [0.29, 0.717) is 0 Å². The minimum atomic E-state index is 0.824. The van der Waals surface area contributed by atoms with Gasteiger partial charge in [0.05, 0.1) is 6.61 Å². The van der Waals surface area contributed by atoms with Crippen molar-refractivity contribution in [2.24, 2.45) is 0 Å². The van der Waals surface area contributed by atoms with Gasteiger partial charge < -0.3 is 4.74 Å². The molecule has 1 aromatic carbocycles. The molecule has 1 rings (SSSR count).